The summed E-state index contributed by atoms with van der Waals surface area (Å²) in [5.74, 6) is 1.12. The topological polar surface area (TPSA) is 29.9 Å². The highest BCUT2D eigenvalue weighted by molar-refractivity contribution is 7.08. The average Bonchev–Trinajstić information content (AvgIpc) is 2.78. The van der Waals surface area contributed by atoms with Gasteiger partial charge in [-0.05, 0) is 11.4 Å². The van der Waals surface area contributed by atoms with Crippen LogP contribution < -0.4 is 5.32 Å². The van der Waals surface area contributed by atoms with Gasteiger partial charge in [-0.3, -0.25) is 0 Å². The maximum atomic E-state index is 4.26. The van der Waals surface area contributed by atoms with E-state index in [1.54, 1.807) is 11.3 Å². The number of hydrogen-bond acceptors (Lipinski definition) is 3. The monoisotopic (exact) mass is 207 g/mol. The van der Waals surface area contributed by atoms with Crippen LogP contribution >= 0.6 is 11.3 Å². The second-order valence-electron chi connectivity index (χ2n) is 3.14. The quantitative estimate of drug-likeness (QED) is 0.832. The Balaban J connectivity index is 1.81. The molecule has 2 rings (SSSR count). The summed E-state index contributed by atoms with van der Waals surface area (Å²) in [7, 11) is 2.02. The third-order valence-electron chi connectivity index (χ3n) is 2.12. The van der Waals surface area contributed by atoms with E-state index in [4.69, 9.17) is 0 Å². The van der Waals surface area contributed by atoms with E-state index < -0.39 is 0 Å². The molecule has 0 atom stereocenters. The second-order valence-corrected chi connectivity index (χ2v) is 3.92. The van der Waals surface area contributed by atoms with Crippen molar-refractivity contribution < 1.29 is 0 Å². The van der Waals surface area contributed by atoms with Crippen LogP contribution in [0, 0.1) is 0 Å². The number of thiophene rings is 1. The van der Waals surface area contributed by atoms with Gasteiger partial charge in [0, 0.05) is 43.5 Å². The second kappa shape index (κ2) is 4.28. The lowest BCUT2D eigenvalue weighted by Crippen LogP contribution is -2.07. The summed E-state index contributed by atoms with van der Waals surface area (Å²) >= 11 is 1.71. The van der Waals surface area contributed by atoms with Crippen molar-refractivity contribution in [2.24, 2.45) is 7.05 Å². The van der Waals surface area contributed by atoms with Crippen molar-refractivity contribution >= 4 is 17.0 Å². The Bertz CT molecular complexity index is 378. The van der Waals surface area contributed by atoms with E-state index in [0.29, 0.717) is 0 Å². The lowest BCUT2D eigenvalue weighted by atomic mass is 10.4. The zero-order chi connectivity index (χ0) is 9.80. The third-order valence-corrected chi connectivity index (χ3v) is 2.80. The number of hydrogen-bond donors (Lipinski definition) is 1. The Hall–Kier alpha value is -1.29. The molecule has 0 aliphatic rings. The molecular formula is C10H13N3S. The summed E-state index contributed by atoms with van der Waals surface area (Å²) in [5, 5.41) is 7.53. The van der Waals surface area contributed by atoms with Gasteiger partial charge in [0.1, 0.15) is 5.82 Å². The predicted octanol–water partition coefficient (Wildman–Crippen LogP) is 2.14. The van der Waals surface area contributed by atoms with Crippen LogP contribution in [-0.4, -0.2) is 16.1 Å². The fourth-order valence-electron chi connectivity index (χ4n) is 1.32. The molecule has 1 N–H and O–H groups in total. The molecule has 3 nitrogen and oxygen atoms in total. The van der Waals surface area contributed by atoms with E-state index >= 15 is 0 Å². The molecule has 0 saturated carbocycles. The first-order valence-corrected chi connectivity index (χ1v) is 5.53. The lowest BCUT2D eigenvalue weighted by Gasteiger charge is -2.03. The molecule has 0 aromatic carbocycles. The van der Waals surface area contributed by atoms with Crippen molar-refractivity contribution in [1.82, 2.24) is 9.55 Å². The SMILES string of the molecule is Cn1ccnc1CCNc1ccsc1. The minimum atomic E-state index is 0.932. The van der Waals surface area contributed by atoms with Crippen molar-refractivity contribution in [3.05, 3.63) is 35.0 Å². The number of imidazole rings is 1. The van der Waals surface area contributed by atoms with E-state index in [-0.39, 0.29) is 0 Å². The van der Waals surface area contributed by atoms with Gasteiger partial charge in [-0.2, -0.15) is 11.3 Å². The summed E-state index contributed by atoms with van der Waals surface area (Å²) in [6.45, 7) is 0.932. The van der Waals surface area contributed by atoms with Crippen molar-refractivity contribution in [1.29, 1.82) is 0 Å². The summed E-state index contributed by atoms with van der Waals surface area (Å²) in [6.07, 6.45) is 4.76. The van der Waals surface area contributed by atoms with Crippen molar-refractivity contribution in [3.8, 4) is 0 Å². The Morgan fingerprint density at radius 3 is 3.14 bits per heavy atom. The summed E-state index contributed by atoms with van der Waals surface area (Å²) in [4.78, 5) is 4.26. The van der Waals surface area contributed by atoms with Crippen LogP contribution in [-0.2, 0) is 13.5 Å². The molecule has 0 saturated heterocycles. The van der Waals surface area contributed by atoms with Gasteiger partial charge >= 0.3 is 0 Å². The minimum absolute atomic E-state index is 0.932. The molecule has 14 heavy (non-hydrogen) atoms. The van der Waals surface area contributed by atoms with Crippen molar-refractivity contribution in [2.45, 2.75) is 6.42 Å². The fourth-order valence-corrected chi connectivity index (χ4v) is 1.93. The van der Waals surface area contributed by atoms with Gasteiger partial charge in [0.05, 0.1) is 0 Å². The highest BCUT2D eigenvalue weighted by Crippen LogP contribution is 2.11. The highest BCUT2D eigenvalue weighted by atomic mass is 32.1. The Labute approximate surface area is 87.4 Å². The third kappa shape index (κ3) is 2.14. The molecule has 0 aliphatic heterocycles. The predicted molar refractivity (Wildman–Crippen MR) is 59.7 cm³/mol. The molecule has 74 valence electrons. The molecule has 0 radical (unpaired) electrons. The molecule has 2 aromatic heterocycles. The molecule has 2 aromatic rings. The summed E-state index contributed by atoms with van der Waals surface area (Å²) in [6, 6.07) is 2.09. The number of nitrogens with one attached hydrogen (secondary N) is 1. The fraction of sp³-hybridized carbons (Fsp3) is 0.300. The maximum Gasteiger partial charge on any atom is 0.110 e. The van der Waals surface area contributed by atoms with Crippen LogP contribution in [0.15, 0.2) is 29.2 Å². The molecular weight excluding hydrogens is 194 g/mol. The normalized spacial score (nSPS) is 10.4. The van der Waals surface area contributed by atoms with Crippen molar-refractivity contribution in [2.75, 3.05) is 11.9 Å². The van der Waals surface area contributed by atoms with E-state index in [9.17, 15) is 0 Å². The first kappa shape index (κ1) is 9.27. The zero-order valence-electron chi connectivity index (χ0n) is 8.10. The molecule has 0 fully saturated rings. The van der Waals surface area contributed by atoms with Crippen LogP contribution in [0.3, 0.4) is 0 Å². The molecule has 2 heterocycles. The van der Waals surface area contributed by atoms with E-state index in [1.165, 1.54) is 5.69 Å². The molecule has 0 unspecified atom stereocenters. The Kier molecular flexibility index (Phi) is 2.84. The number of aryl methyl sites for hydroxylation is 1. The minimum Gasteiger partial charge on any atom is -0.384 e. The van der Waals surface area contributed by atoms with Gasteiger partial charge in [0.15, 0.2) is 0 Å². The van der Waals surface area contributed by atoms with Gasteiger partial charge < -0.3 is 9.88 Å². The summed E-state index contributed by atoms with van der Waals surface area (Å²) in [5.41, 5.74) is 1.20. The van der Waals surface area contributed by atoms with Crippen LogP contribution in [0.2, 0.25) is 0 Å². The molecule has 0 spiro atoms. The standard InChI is InChI=1S/C10H13N3S/c1-13-6-5-12-10(13)2-4-11-9-3-7-14-8-9/h3,5-8,11H,2,4H2,1H3. The molecule has 0 aliphatic carbocycles. The largest absolute Gasteiger partial charge is 0.384 e. The Morgan fingerprint density at radius 1 is 1.57 bits per heavy atom. The van der Waals surface area contributed by atoms with Crippen LogP contribution in [0.5, 0.6) is 0 Å². The first-order chi connectivity index (χ1) is 6.86. The smallest absolute Gasteiger partial charge is 0.110 e. The van der Waals surface area contributed by atoms with Crippen LogP contribution in [0.1, 0.15) is 5.82 Å². The van der Waals surface area contributed by atoms with Crippen molar-refractivity contribution in [3.63, 3.8) is 0 Å². The number of nitrogens with zero attached hydrogens (tertiary/aromatic N) is 2. The van der Waals surface area contributed by atoms with Gasteiger partial charge in [-0.15, -0.1) is 0 Å². The van der Waals surface area contributed by atoms with Crippen LogP contribution in [0.4, 0.5) is 5.69 Å². The Morgan fingerprint density at radius 2 is 2.50 bits per heavy atom. The highest BCUT2D eigenvalue weighted by Gasteiger charge is 1.98. The average molecular weight is 207 g/mol. The van der Waals surface area contributed by atoms with E-state index in [0.717, 1.165) is 18.8 Å². The van der Waals surface area contributed by atoms with Crippen LogP contribution in [0.25, 0.3) is 0 Å². The number of anilines is 1. The zero-order valence-corrected chi connectivity index (χ0v) is 8.92. The van der Waals surface area contributed by atoms with Gasteiger partial charge in [-0.25, -0.2) is 4.98 Å². The summed E-state index contributed by atoms with van der Waals surface area (Å²) < 4.78 is 2.05. The maximum absolute atomic E-state index is 4.26. The molecule has 0 bridgehead atoms. The van der Waals surface area contributed by atoms with E-state index in [2.05, 4.69) is 31.7 Å². The lowest BCUT2D eigenvalue weighted by molar-refractivity contribution is 0.790. The molecule has 0 amide bonds. The van der Waals surface area contributed by atoms with E-state index in [1.807, 2.05) is 19.4 Å². The number of rotatable bonds is 4. The number of aromatic nitrogens is 2. The molecule has 4 heteroatoms. The van der Waals surface area contributed by atoms with Gasteiger partial charge in [0.25, 0.3) is 0 Å². The van der Waals surface area contributed by atoms with Gasteiger partial charge in [-0.1, -0.05) is 0 Å². The first-order valence-electron chi connectivity index (χ1n) is 4.58. The van der Waals surface area contributed by atoms with Gasteiger partial charge in [0.2, 0.25) is 0 Å².